The van der Waals surface area contributed by atoms with Crippen molar-refractivity contribution in [1.29, 1.82) is 0 Å². The Kier molecular flexibility index (Phi) is 7.62. The van der Waals surface area contributed by atoms with E-state index in [0.29, 0.717) is 25.4 Å². The first-order valence-electron chi connectivity index (χ1n) is 9.96. The van der Waals surface area contributed by atoms with E-state index in [4.69, 9.17) is 4.74 Å². The normalized spacial score (nSPS) is 21.7. The molecule has 1 atom stereocenters. The second-order valence-electron chi connectivity index (χ2n) is 7.22. The summed E-state index contributed by atoms with van der Waals surface area (Å²) in [6.45, 7) is 4.27. The Labute approximate surface area is 160 Å². The summed E-state index contributed by atoms with van der Waals surface area (Å²) >= 11 is 0. The molecule has 27 heavy (non-hydrogen) atoms. The van der Waals surface area contributed by atoms with Crippen molar-refractivity contribution in [2.24, 2.45) is 0 Å². The molecule has 148 valence electrons. The van der Waals surface area contributed by atoms with Gasteiger partial charge in [-0.2, -0.15) is 0 Å². The summed E-state index contributed by atoms with van der Waals surface area (Å²) < 4.78 is 5.44. The van der Waals surface area contributed by atoms with Crippen molar-refractivity contribution in [3.63, 3.8) is 0 Å². The highest BCUT2D eigenvalue weighted by Gasteiger charge is 2.21. The molecule has 2 amide bonds. The fraction of sp³-hybridized carbons (Fsp3) is 0.600. The molecule has 3 rings (SSSR count). The van der Waals surface area contributed by atoms with E-state index < -0.39 is 6.10 Å². The summed E-state index contributed by atoms with van der Waals surface area (Å²) in [6, 6.07) is 7.20. The topological polar surface area (TPSA) is 82.7 Å². The summed E-state index contributed by atoms with van der Waals surface area (Å²) in [4.78, 5) is 26.7. The predicted octanol–water partition coefficient (Wildman–Crippen LogP) is 1.82. The monoisotopic (exact) mass is 374 g/mol. The molecule has 1 unspecified atom stereocenters. The number of rotatable bonds is 5. The van der Waals surface area contributed by atoms with Crippen LogP contribution < -0.4 is 16.0 Å². The molecule has 1 aromatic rings. The first-order chi connectivity index (χ1) is 13.2. The number of ether oxygens (including phenoxy) is 1. The van der Waals surface area contributed by atoms with Gasteiger partial charge in [0.25, 0.3) is 5.91 Å². The molecular weight excluding hydrogens is 344 g/mol. The highest BCUT2D eigenvalue weighted by molar-refractivity contribution is 5.95. The number of carbonyl (C=O) groups is 2. The third-order valence-electron chi connectivity index (χ3n) is 4.97. The number of anilines is 2. The van der Waals surface area contributed by atoms with E-state index >= 15 is 0 Å². The van der Waals surface area contributed by atoms with Crippen LogP contribution in [-0.2, 0) is 14.3 Å². The zero-order valence-corrected chi connectivity index (χ0v) is 15.8. The number of nitrogens with one attached hydrogen (secondary N) is 3. The molecule has 0 spiro atoms. The van der Waals surface area contributed by atoms with Gasteiger partial charge < -0.3 is 20.7 Å². The Morgan fingerprint density at radius 3 is 2.26 bits per heavy atom. The summed E-state index contributed by atoms with van der Waals surface area (Å²) in [5.74, 6) is -0.148. The van der Waals surface area contributed by atoms with Crippen molar-refractivity contribution >= 4 is 23.2 Å². The number of morpholine rings is 1. The van der Waals surface area contributed by atoms with E-state index in [9.17, 15) is 9.59 Å². The minimum atomic E-state index is -0.462. The standard InChI is InChI=1S/C20H30N4O3/c25-19(15-24-11-4-2-1-3-5-12-24)22-16-6-8-17(9-7-16)23-20(26)18-14-21-10-13-27-18/h6-9,18,21H,1-5,10-15H2,(H,22,25)(H,23,26). The lowest BCUT2D eigenvalue weighted by Gasteiger charge is -2.23. The van der Waals surface area contributed by atoms with E-state index in [0.717, 1.165) is 25.3 Å². The van der Waals surface area contributed by atoms with E-state index in [1.165, 1.54) is 32.1 Å². The molecule has 7 heteroatoms. The molecule has 0 aliphatic carbocycles. The minimum Gasteiger partial charge on any atom is -0.366 e. The third kappa shape index (κ3) is 6.61. The van der Waals surface area contributed by atoms with Crippen LogP contribution in [0.2, 0.25) is 0 Å². The Bertz CT molecular complexity index is 606. The first-order valence-corrected chi connectivity index (χ1v) is 9.96. The van der Waals surface area contributed by atoms with Gasteiger partial charge in [0.1, 0.15) is 6.10 Å². The lowest BCUT2D eigenvalue weighted by molar-refractivity contribution is -0.128. The molecule has 0 saturated carbocycles. The number of hydrogen-bond acceptors (Lipinski definition) is 5. The molecule has 2 saturated heterocycles. The van der Waals surface area contributed by atoms with Crippen LogP contribution in [0.4, 0.5) is 11.4 Å². The van der Waals surface area contributed by atoms with Crippen LogP contribution in [-0.4, -0.2) is 62.1 Å². The van der Waals surface area contributed by atoms with Gasteiger partial charge in [-0.3, -0.25) is 14.5 Å². The number of carbonyl (C=O) groups excluding carboxylic acids is 2. The maximum absolute atomic E-state index is 12.3. The zero-order chi connectivity index (χ0) is 18.9. The number of benzene rings is 1. The summed E-state index contributed by atoms with van der Waals surface area (Å²) in [5.41, 5.74) is 1.43. The number of likely N-dealkylation sites (tertiary alicyclic amines) is 1. The molecule has 7 nitrogen and oxygen atoms in total. The fourth-order valence-corrected chi connectivity index (χ4v) is 3.47. The zero-order valence-electron chi connectivity index (χ0n) is 15.8. The predicted molar refractivity (Wildman–Crippen MR) is 106 cm³/mol. The van der Waals surface area contributed by atoms with Crippen molar-refractivity contribution in [2.75, 3.05) is 50.0 Å². The van der Waals surface area contributed by atoms with E-state index in [1.54, 1.807) is 24.3 Å². The number of nitrogens with zero attached hydrogens (tertiary/aromatic N) is 1. The van der Waals surface area contributed by atoms with Crippen LogP contribution in [0.1, 0.15) is 32.1 Å². The van der Waals surface area contributed by atoms with Gasteiger partial charge in [-0.15, -0.1) is 0 Å². The highest BCUT2D eigenvalue weighted by Crippen LogP contribution is 2.15. The van der Waals surface area contributed by atoms with Crippen LogP contribution in [0, 0.1) is 0 Å². The Balaban J connectivity index is 1.45. The molecule has 0 radical (unpaired) electrons. The lowest BCUT2D eigenvalue weighted by Crippen LogP contribution is -2.45. The van der Waals surface area contributed by atoms with Gasteiger partial charge in [-0.05, 0) is 50.2 Å². The Morgan fingerprint density at radius 1 is 1.00 bits per heavy atom. The molecule has 2 fully saturated rings. The Hall–Kier alpha value is -1.96. The minimum absolute atomic E-state index is 0.00837. The van der Waals surface area contributed by atoms with Crippen molar-refractivity contribution in [3.05, 3.63) is 24.3 Å². The summed E-state index contributed by atoms with van der Waals surface area (Å²) in [7, 11) is 0. The summed E-state index contributed by atoms with van der Waals surface area (Å²) in [5, 5.41) is 8.92. The van der Waals surface area contributed by atoms with Crippen molar-refractivity contribution in [1.82, 2.24) is 10.2 Å². The molecule has 2 heterocycles. The van der Waals surface area contributed by atoms with Crippen LogP contribution in [0.5, 0.6) is 0 Å². The van der Waals surface area contributed by atoms with Gasteiger partial charge in [0.05, 0.1) is 13.2 Å². The fourth-order valence-electron chi connectivity index (χ4n) is 3.47. The van der Waals surface area contributed by atoms with Crippen LogP contribution in [0.3, 0.4) is 0 Å². The maximum atomic E-state index is 12.3. The molecular formula is C20H30N4O3. The highest BCUT2D eigenvalue weighted by atomic mass is 16.5. The van der Waals surface area contributed by atoms with Crippen LogP contribution in [0.15, 0.2) is 24.3 Å². The summed E-state index contributed by atoms with van der Waals surface area (Å²) in [6.07, 6.45) is 5.70. The third-order valence-corrected chi connectivity index (χ3v) is 4.97. The Morgan fingerprint density at radius 2 is 1.63 bits per heavy atom. The lowest BCUT2D eigenvalue weighted by atomic mass is 10.1. The maximum Gasteiger partial charge on any atom is 0.254 e. The SMILES string of the molecule is O=C(CN1CCCCCCC1)Nc1ccc(NC(=O)C2CNCCO2)cc1. The van der Waals surface area contributed by atoms with Gasteiger partial charge in [-0.25, -0.2) is 0 Å². The largest absolute Gasteiger partial charge is 0.366 e. The number of amides is 2. The molecule has 1 aromatic carbocycles. The van der Waals surface area contributed by atoms with Crippen LogP contribution >= 0.6 is 0 Å². The van der Waals surface area contributed by atoms with Crippen LogP contribution in [0.25, 0.3) is 0 Å². The smallest absolute Gasteiger partial charge is 0.254 e. The van der Waals surface area contributed by atoms with Gasteiger partial charge in [-0.1, -0.05) is 19.3 Å². The van der Waals surface area contributed by atoms with Crippen molar-refractivity contribution < 1.29 is 14.3 Å². The number of hydrogen-bond donors (Lipinski definition) is 3. The average Bonchev–Trinajstić information content (AvgIpc) is 2.66. The first kappa shape index (κ1) is 19.8. The van der Waals surface area contributed by atoms with Gasteiger partial charge in [0.15, 0.2) is 0 Å². The van der Waals surface area contributed by atoms with E-state index in [-0.39, 0.29) is 11.8 Å². The molecule has 3 N–H and O–H groups in total. The molecule has 0 aromatic heterocycles. The molecule has 0 bridgehead atoms. The quantitative estimate of drug-likeness (QED) is 0.732. The van der Waals surface area contributed by atoms with Crippen molar-refractivity contribution in [2.45, 2.75) is 38.2 Å². The second-order valence-corrected chi connectivity index (χ2v) is 7.22. The second kappa shape index (κ2) is 10.4. The molecule has 2 aliphatic heterocycles. The van der Waals surface area contributed by atoms with E-state index in [1.807, 2.05) is 0 Å². The van der Waals surface area contributed by atoms with Gasteiger partial charge >= 0.3 is 0 Å². The average molecular weight is 374 g/mol. The van der Waals surface area contributed by atoms with Crippen molar-refractivity contribution in [3.8, 4) is 0 Å². The van der Waals surface area contributed by atoms with Gasteiger partial charge in [0, 0.05) is 24.5 Å². The van der Waals surface area contributed by atoms with E-state index in [2.05, 4.69) is 20.9 Å². The van der Waals surface area contributed by atoms with Gasteiger partial charge in [0.2, 0.25) is 5.91 Å². The molecule has 2 aliphatic rings.